The predicted octanol–water partition coefficient (Wildman–Crippen LogP) is 4.28. The van der Waals surface area contributed by atoms with Crippen LogP contribution in [0.25, 0.3) is 11.1 Å². The van der Waals surface area contributed by atoms with Crippen molar-refractivity contribution in [3.05, 3.63) is 48.0 Å². The van der Waals surface area contributed by atoms with Crippen LogP contribution in [0.4, 0.5) is 0 Å². The van der Waals surface area contributed by atoms with E-state index in [4.69, 9.17) is 14.0 Å². The van der Waals surface area contributed by atoms with Gasteiger partial charge in [0.15, 0.2) is 0 Å². The predicted molar refractivity (Wildman–Crippen MR) is 101 cm³/mol. The van der Waals surface area contributed by atoms with Crippen LogP contribution in [0.15, 0.2) is 42.5 Å². The SMILES string of the molecule is CC1(C)Oc2ccccc2-c2ccc(B3OC(C)(C)C(C)(C)O3)cc21. The molecule has 0 N–H and O–H groups in total. The van der Waals surface area contributed by atoms with E-state index in [9.17, 15) is 0 Å². The first-order valence-corrected chi connectivity index (χ1v) is 8.89. The molecule has 0 aromatic heterocycles. The van der Waals surface area contributed by atoms with Crippen LogP contribution in [0.5, 0.6) is 5.75 Å². The fourth-order valence-electron chi connectivity index (χ4n) is 3.53. The molecule has 0 aliphatic carbocycles. The number of benzene rings is 2. The van der Waals surface area contributed by atoms with Gasteiger partial charge in [-0.25, -0.2) is 0 Å². The minimum Gasteiger partial charge on any atom is -0.482 e. The molecule has 0 unspecified atom stereocenters. The standard InChI is InChI=1S/C21H25BO3/c1-19(2)17-13-14(22-24-20(3,4)21(5,6)25-22)11-12-15(17)16-9-7-8-10-18(16)23-19/h7-13H,1-6H3. The molecule has 2 aliphatic rings. The van der Waals surface area contributed by atoms with Crippen LogP contribution in [0.3, 0.4) is 0 Å². The smallest absolute Gasteiger partial charge is 0.482 e. The molecule has 1 saturated heterocycles. The molecule has 0 amide bonds. The van der Waals surface area contributed by atoms with Crippen LogP contribution in [0, 0.1) is 0 Å². The van der Waals surface area contributed by atoms with Crippen molar-refractivity contribution in [1.82, 2.24) is 0 Å². The van der Waals surface area contributed by atoms with Crippen molar-refractivity contribution >= 4 is 12.6 Å². The van der Waals surface area contributed by atoms with E-state index in [1.54, 1.807) is 0 Å². The lowest BCUT2D eigenvalue weighted by Gasteiger charge is -2.35. The Hall–Kier alpha value is -1.78. The van der Waals surface area contributed by atoms with Gasteiger partial charge in [-0.15, -0.1) is 0 Å². The third-order valence-corrected chi connectivity index (χ3v) is 5.76. The zero-order valence-electron chi connectivity index (χ0n) is 15.8. The normalized spacial score (nSPS) is 22.1. The number of ether oxygens (including phenoxy) is 1. The zero-order valence-corrected chi connectivity index (χ0v) is 15.8. The van der Waals surface area contributed by atoms with Gasteiger partial charge >= 0.3 is 7.12 Å². The lowest BCUT2D eigenvalue weighted by atomic mass is 9.74. The first-order chi connectivity index (χ1) is 11.6. The Kier molecular flexibility index (Phi) is 3.42. The highest BCUT2D eigenvalue weighted by atomic mass is 16.7. The average molecular weight is 336 g/mol. The summed E-state index contributed by atoms with van der Waals surface area (Å²) in [6.45, 7) is 12.5. The summed E-state index contributed by atoms with van der Waals surface area (Å²) >= 11 is 0. The molecule has 0 saturated carbocycles. The summed E-state index contributed by atoms with van der Waals surface area (Å²) in [5, 5.41) is 0. The second-order valence-corrected chi connectivity index (χ2v) is 8.50. The van der Waals surface area contributed by atoms with Crippen LogP contribution < -0.4 is 10.2 Å². The molecular formula is C21H25BO3. The fraction of sp³-hybridized carbons (Fsp3) is 0.429. The van der Waals surface area contributed by atoms with E-state index in [1.165, 1.54) is 11.1 Å². The van der Waals surface area contributed by atoms with E-state index in [1.807, 2.05) is 18.2 Å². The maximum absolute atomic E-state index is 6.26. The summed E-state index contributed by atoms with van der Waals surface area (Å²) in [7, 11) is -0.358. The van der Waals surface area contributed by atoms with Crippen LogP contribution in [-0.2, 0) is 14.9 Å². The monoisotopic (exact) mass is 336 g/mol. The van der Waals surface area contributed by atoms with Gasteiger partial charge in [-0.1, -0.05) is 36.4 Å². The first kappa shape index (κ1) is 16.7. The van der Waals surface area contributed by atoms with E-state index in [2.05, 4.69) is 65.8 Å². The molecule has 25 heavy (non-hydrogen) atoms. The Morgan fingerprint density at radius 2 is 1.40 bits per heavy atom. The van der Waals surface area contributed by atoms with Gasteiger partial charge in [0, 0.05) is 11.1 Å². The molecular weight excluding hydrogens is 311 g/mol. The highest BCUT2D eigenvalue weighted by Crippen LogP contribution is 2.45. The second-order valence-electron chi connectivity index (χ2n) is 8.50. The van der Waals surface area contributed by atoms with E-state index in [-0.39, 0.29) is 18.3 Å². The number of fused-ring (bicyclic) bond motifs is 3. The van der Waals surface area contributed by atoms with E-state index in [0.29, 0.717) is 0 Å². The molecule has 4 rings (SSSR count). The quantitative estimate of drug-likeness (QED) is 0.728. The van der Waals surface area contributed by atoms with Gasteiger partial charge in [-0.2, -0.15) is 0 Å². The van der Waals surface area contributed by atoms with Crippen molar-refractivity contribution in [2.45, 2.75) is 58.3 Å². The molecule has 1 fully saturated rings. The van der Waals surface area contributed by atoms with Crippen LogP contribution in [0.1, 0.15) is 47.1 Å². The third kappa shape index (κ3) is 2.51. The second kappa shape index (κ2) is 5.12. The van der Waals surface area contributed by atoms with Gasteiger partial charge in [-0.05, 0) is 58.6 Å². The molecule has 4 heteroatoms. The fourth-order valence-corrected chi connectivity index (χ4v) is 3.53. The molecule has 2 aromatic rings. The Bertz CT molecular complexity index is 823. The van der Waals surface area contributed by atoms with E-state index >= 15 is 0 Å². The minimum absolute atomic E-state index is 0.341. The third-order valence-electron chi connectivity index (χ3n) is 5.76. The molecule has 130 valence electrons. The van der Waals surface area contributed by atoms with Crippen molar-refractivity contribution in [1.29, 1.82) is 0 Å². The van der Waals surface area contributed by atoms with E-state index < -0.39 is 5.60 Å². The first-order valence-electron chi connectivity index (χ1n) is 8.89. The summed E-state index contributed by atoms with van der Waals surface area (Å²) in [5.74, 6) is 0.934. The Morgan fingerprint density at radius 1 is 0.760 bits per heavy atom. The molecule has 2 heterocycles. The molecule has 0 radical (unpaired) electrons. The molecule has 2 aliphatic heterocycles. The number of hydrogen-bond donors (Lipinski definition) is 0. The average Bonchev–Trinajstić information content (AvgIpc) is 2.75. The summed E-state index contributed by atoms with van der Waals surface area (Å²) < 4.78 is 18.7. The maximum atomic E-state index is 6.26. The number of para-hydroxylation sites is 1. The largest absolute Gasteiger partial charge is 0.494 e. The molecule has 3 nitrogen and oxygen atoms in total. The van der Waals surface area contributed by atoms with Crippen LogP contribution in [-0.4, -0.2) is 18.3 Å². The van der Waals surface area contributed by atoms with Crippen LogP contribution in [0.2, 0.25) is 0 Å². The van der Waals surface area contributed by atoms with Gasteiger partial charge in [0.25, 0.3) is 0 Å². The van der Waals surface area contributed by atoms with Crippen molar-refractivity contribution in [2.24, 2.45) is 0 Å². The van der Waals surface area contributed by atoms with Gasteiger partial charge < -0.3 is 14.0 Å². The Morgan fingerprint density at radius 3 is 2.08 bits per heavy atom. The molecule has 0 bridgehead atoms. The van der Waals surface area contributed by atoms with Crippen LogP contribution >= 0.6 is 0 Å². The van der Waals surface area contributed by atoms with E-state index in [0.717, 1.165) is 16.8 Å². The van der Waals surface area contributed by atoms with Crippen molar-refractivity contribution in [3.8, 4) is 16.9 Å². The lowest BCUT2D eigenvalue weighted by Crippen LogP contribution is -2.41. The van der Waals surface area contributed by atoms with Crippen molar-refractivity contribution in [3.63, 3.8) is 0 Å². The highest BCUT2D eigenvalue weighted by Gasteiger charge is 2.52. The number of hydrogen-bond acceptors (Lipinski definition) is 3. The van der Waals surface area contributed by atoms with Gasteiger partial charge in [0.1, 0.15) is 11.4 Å². The summed E-state index contributed by atoms with van der Waals surface area (Å²) in [6.07, 6.45) is 0. The summed E-state index contributed by atoms with van der Waals surface area (Å²) in [5.41, 5.74) is 3.47. The molecule has 2 aromatic carbocycles. The van der Waals surface area contributed by atoms with Crippen molar-refractivity contribution in [2.75, 3.05) is 0 Å². The maximum Gasteiger partial charge on any atom is 0.494 e. The molecule has 0 atom stereocenters. The topological polar surface area (TPSA) is 27.7 Å². The van der Waals surface area contributed by atoms with Crippen molar-refractivity contribution < 1.29 is 14.0 Å². The minimum atomic E-state index is -0.399. The zero-order chi connectivity index (χ0) is 18.0. The number of rotatable bonds is 1. The Balaban J connectivity index is 1.79. The van der Waals surface area contributed by atoms with Gasteiger partial charge in [-0.3, -0.25) is 0 Å². The van der Waals surface area contributed by atoms with Gasteiger partial charge in [0.2, 0.25) is 0 Å². The summed E-state index contributed by atoms with van der Waals surface area (Å²) in [4.78, 5) is 0. The summed E-state index contributed by atoms with van der Waals surface area (Å²) in [6, 6.07) is 14.6. The lowest BCUT2D eigenvalue weighted by molar-refractivity contribution is 0.00578. The Labute approximate surface area is 150 Å². The molecule has 0 spiro atoms. The highest BCUT2D eigenvalue weighted by molar-refractivity contribution is 6.62. The van der Waals surface area contributed by atoms with Gasteiger partial charge in [0.05, 0.1) is 11.2 Å².